The first-order chi connectivity index (χ1) is 10.4. The number of anilines is 1. The van der Waals surface area contributed by atoms with Gasteiger partial charge in [-0.05, 0) is 60.7 Å². The Balaban J connectivity index is 2.47. The molecule has 2 aromatic carbocycles. The predicted octanol–water partition coefficient (Wildman–Crippen LogP) is 3.63. The van der Waals surface area contributed by atoms with E-state index in [4.69, 9.17) is 4.74 Å². The predicted molar refractivity (Wildman–Crippen MR) is 86.1 cm³/mol. The van der Waals surface area contributed by atoms with E-state index in [2.05, 4.69) is 0 Å². The molecule has 0 saturated carbocycles. The zero-order valence-electron chi connectivity index (χ0n) is 13.3. The highest BCUT2D eigenvalue weighted by molar-refractivity contribution is 5.77. The van der Waals surface area contributed by atoms with Crippen LogP contribution >= 0.6 is 0 Å². The number of carbonyl (C=O) groups excluding carboxylic acids is 1. The highest BCUT2D eigenvalue weighted by Gasteiger charge is 2.12. The molecule has 4 heteroatoms. The number of hydrogen-bond donors (Lipinski definition) is 0. The van der Waals surface area contributed by atoms with E-state index in [-0.39, 0.29) is 5.82 Å². The van der Waals surface area contributed by atoms with Gasteiger partial charge in [0.15, 0.2) is 0 Å². The molecule has 0 aliphatic carbocycles. The molecule has 1 amide bonds. The van der Waals surface area contributed by atoms with Gasteiger partial charge in [-0.25, -0.2) is 4.39 Å². The van der Waals surface area contributed by atoms with E-state index in [1.165, 1.54) is 17.0 Å². The van der Waals surface area contributed by atoms with Gasteiger partial charge in [0.2, 0.25) is 6.41 Å². The lowest BCUT2D eigenvalue weighted by Crippen LogP contribution is -2.16. The first-order valence-corrected chi connectivity index (χ1v) is 7.06. The summed E-state index contributed by atoms with van der Waals surface area (Å²) in [6.07, 6.45) is 1.35. The summed E-state index contributed by atoms with van der Waals surface area (Å²) in [5, 5.41) is 0. The van der Waals surface area contributed by atoms with Gasteiger partial charge >= 0.3 is 0 Å². The minimum atomic E-state index is -0.235. The molecule has 22 heavy (non-hydrogen) atoms. The minimum absolute atomic E-state index is 0.235. The number of aryl methyl sites for hydroxylation is 1. The maximum Gasteiger partial charge on any atom is 0.213 e. The summed E-state index contributed by atoms with van der Waals surface area (Å²) in [6, 6.07) is 8.76. The quantitative estimate of drug-likeness (QED) is 0.789. The molecule has 0 bridgehead atoms. The highest BCUT2D eigenvalue weighted by atomic mass is 19.1. The number of benzene rings is 2. The zero-order chi connectivity index (χ0) is 16.3. The fraction of sp³-hybridized carbons (Fsp3) is 0.278. The number of nitrogens with zero attached hydrogens (tertiary/aromatic N) is 1. The summed E-state index contributed by atoms with van der Waals surface area (Å²) in [5.74, 6) is 0.443. The lowest BCUT2D eigenvalue weighted by molar-refractivity contribution is -0.107. The molecular weight excluding hydrogens is 281 g/mol. The summed E-state index contributed by atoms with van der Waals surface area (Å²) in [7, 11) is 3.29. The Labute approximate surface area is 130 Å². The Morgan fingerprint density at radius 2 is 1.91 bits per heavy atom. The molecule has 2 rings (SSSR count). The van der Waals surface area contributed by atoms with Crippen LogP contribution in [0, 0.1) is 19.7 Å². The second-order valence-electron chi connectivity index (χ2n) is 5.46. The molecular formula is C18H20FNO2. The van der Waals surface area contributed by atoms with Crippen LogP contribution in [0.15, 0.2) is 30.3 Å². The topological polar surface area (TPSA) is 29.5 Å². The van der Waals surface area contributed by atoms with E-state index in [9.17, 15) is 9.18 Å². The molecule has 0 radical (unpaired) electrons. The van der Waals surface area contributed by atoms with Gasteiger partial charge in [-0.2, -0.15) is 0 Å². The normalized spacial score (nSPS) is 10.4. The molecule has 0 aromatic heterocycles. The third kappa shape index (κ3) is 3.45. The van der Waals surface area contributed by atoms with E-state index in [1.54, 1.807) is 14.2 Å². The maximum atomic E-state index is 13.6. The summed E-state index contributed by atoms with van der Waals surface area (Å²) >= 11 is 0. The number of carbonyl (C=O) groups is 1. The third-order valence-electron chi connectivity index (χ3n) is 3.73. The number of hydrogen-bond acceptors (Lipinski definition) is 2. The van der Waals surface area contributed by atoms with Gasteiger partial charge in [-0.15, -0.1) is 0 Å². The number of ether oxygens (including phenoxy) is 1. The maximum absolute atomic E-state index is 13.6. The van der Waals surface area contributed by atoms with Crippen LogP contribution in [0.1, 0.15) is 22.3 Å². The average Bonchev–Trinajstić information content (AvgIpc) is 2.47. The van der Waals surface area contributed by atoms with Crippen LogP contribution in [0.3, 0.4) is 0 Å². The van der Waals surface area contributed by atoms with Crippen molar-refractivity contribution in [3.8, 4) is 5.75 Å². The lowest BCUT2D eigenvalue weighted by Gasteiger charge is -2.19. The molecule has 0 atom stereocenters. The first-order valence-electron chi connectivity index (χ1n) is 7.06. The SMILES string of the molecule is COc1cc(Cc2cc(C)cc(F)c2)c(C)c(N(C)C=O)c1. The molecule has 2 aromatic rings. The monoisotopic (exact) mass is 301 g/mol. The molecule has 0 spiro atoms. The molecule has 116 valence electrons. The Hall–Kier alpha value is -2.36. The average molecular weight is 301 g/mol. The van der Waals surface area contributed by atoms with Crippen LogP contribution < -0.4 is 9.64 Å². The van der Waals surface area contributed by atoms with E-state index >= 15 is 0 Å². The number of methoxy groups -OCH3 is 1. The van der Waals surface area contributed by atoms with Crippen LogP contribution in [-0.4, -0.2) is 20.6 Å². The molecule has 0 fully saturated rings. The number of rotatable bonds is 5. The van der Waals surface area contributed by atoms with Crippen LogP contribution in [0.2, 0.25) is 0 Å². The Morgan fingerprint density at radius 1 is 1.18 bits per heavy atom. The van der Waals surface area contributed by atoms with Gasteiger partial charge < -0.3 is 9.64 Å². The molecule has 0 unspecified atom stereocenters. The summed E-state index contributed by atoms with van der Waals surface area (Å²) in [4.78, 5) is 12.6. The van der Waals surface area contributed by atoms with Crippen molar-refractivity contribution in [2.24, 2.45) is 0 Å². The van der Waals surface area contributed by atoms with E-state index in [0.29, 0.717) is 12.2 Å². The molecule has 0 saturated heterocycles. The Kier molecular flexibility index (Phi) is 4.81. The number of halogens is 1. The van der Waals surface area contributed by atoms with E-state index in [0.717, 1.165) is 34.4 Å². The summed E-state index contributed by atoms with van der Waals surface area (Å²) in [6.45, 7) is 3.83. The van der Waals surface area contributed by atoms with Crippen molar-refractivity contribution in [3.05, 3.63) is 58.4 Å². The Bertz CT molecular complexity index is 677. The second-order valence-corrected chi connectivity index (χ2v) is 5.46. The van der Waals surface area contributed by atoms with Gasteiger partial charge in [0, 0.05) is 18.8 Å². The van der Waals surface area contributed by atoms with Crippen molar-refractivity contribution in [1.29, 1.82) is 0 Å². The van der Waals surface area contributed by atoms with Crippen LogP contribution in [-0.2, 0) is 11.2 Å². The molecule has 0 aliphatic heterocycles. The summed E-state index contributed by atoms with van der Waals surface area (Å²) in [5.41, 5.74) is 4.57. The molecule has 0 N–H and O–H groups in total. The fourth-order valence-electron chi connectivity index (χ4n) is 2.59. The van der Waals surface area contributed by atoms with Gasteiger partial charge in [0.05, 0.1) is 7.11 Å². The van der Waals surface area contributed by atoms with Gasteiger partial charge in [-0.3, -0.25) is 4.79 Å². The van der Waals surface area contributed by atoms with Gasteiger partial charge in [-0.1, -0.05) is 6.07 Å². The standard InChI is InChI=1S/C18H20FNO2/c1-12-5-14(8-16(19)6-12)7-15-9-17(22-4)10-18(13(15)2)20(3)11-21/h5-6,8-11H,7H2,1-4H3. The van der Waals surface area contributed by atoms with Crippen LogP contribution in [0.5, 0.6) is 5.75 Å². The first kappa shape index (κ1) is 16.0. The molecule has 0 aliphatic rings. The summed E-state index contributed by atoms with van der Waals surface area (Å²) < 4.78 is 18.9. The van der Waals surface area contributed by atoms with Gasteiger partial charge in [0.25, 0.3) is 0 Å². The fourth-order valence-corrected chi connectivity index (χ4v) is 2.59. The van der Waals surface area contributed by atoms with Crippen molar-refractivity contribution >= 4 is 12.1 Å². The Morgan fingerprint density at radius 3 is 2.50 bits per heavy atom. The second kappa shape index (κ2) is 6.60. The molecule has 3 nitrogen and oxygen atoms in total. The van der Waals surface area contributed by atoms with Crippen molar-refractivity contribution in [3.63, 3.8) is 0 Å². The minimum Gasteiger partial charge on any atom is -0.497 e. The van der Waals surface area contributed by atoms with Crippen molar-refractivity contribution in [2.45, 2.75) is 20.3 Å². The van der Waals surface area contributed by atoms with Gasteiger partial charge in [0.1, 0.15) is 11.6 Å². The van der Waals surface area contributed by atoms with E-state index in [1.807, 2.05) is 32.0 Å². The van der Waals surface area contributed by atoms with E-state index < -0.39 is 0 Å². The van der Waals surface area contributed by atoms with Crippen LogP contribution in [0.4, 0.5) is 10.1 Å². The third-order valence-corrected chi connectivity index (χ3v) is 3.73. The van der Waals surface area contributed by atoms with Crippen molar-refractivity contribution < 1.29 is 13.9 Å². The highest BCUT2D eigenvalue weighted by Crippen LogP contribution is 2.30. The largest absolute Gasteiger partial charge is 0.497 e. The smallest absolute Gasteiger partial charge is 0.213 e. The van der Waals surface area contributed by atoms with Crippen LogP contribution in [0.25, 0.3) is 0 Å². The zero-order valence-corrected chi connectivity index (χ0v) is 13.3. The van der Waals surface area contributed by atoms with Crippen molar-refractivity contribution in [2.75, 3.05) is 19.1 Å². The number of amides is 1. The van der Waals surface area contributed by atoms with Crippen molar-refractivity contribution in [1.82, 2.24) is 0 Å². The lowest BCUT2D eigenvalue weighted by atomic mass is 9.97. The molecule has 0 heterocycles.